The minimum Gasteiger partial charge on any atom is -0.322 e. The molecule has 2 aliphatic rings. The van der Waals surface area contributed by atoms with Gasteiger partial charge in [-0.3, -0.25) is 14.5 Å². The number of carbonyl (C=O) groups is 2. The van der Waals surface area contributed by atoms with E-state index in [2.05, 4.69) is 68.1 Å². The smallest absolute Gasteiger partial charge is 0.261 e. The van der Waals surface area contributed by atoms with Crippen molar-refractivity contribution in [1.29, 1.82) is 0 Å². The van der Waals surface area contributed by atoms with Gasteiger partial charge in [0, 0.05) is 24.2 Å². The van der Waals surface area contributed by atoms with Crippen LogP contribution in [0.15, 0.2) is 71.7 Å². The van der Waals surface area contributed by atoms with Crippen molar-refractivity contribution in [2.75, 3.05) is 11.4 Å². The van der Waals surface area contributed by atoms with Crippen LogP contribution in [0.5, 0.6) is 0 Å². The van der Waals surface area contributed by atoms with Gasteiger partial charge in [0.15, 0.2) is 0 Å². The number of fused-ring (bicyclic) bond motifs is 2. The van der Waals surface area contributed by atoms with Crippen LogP contribution in [0.1, 0.15) is 56.8 Å². The van der Waals surface area contributed by atoms with Crippen LogP contribution in [0, 0.1) is 13.8 Å². The number of aryl methyl sites for hydroxylation is 2. The molecule has 1 atom stereocenters. The van der Waals surface area contributed by atoms with E-state index in [1.807, 2.05) is 0 Å². The second-order valence-electron chi connectivity index (χ2n) is 8.53. The quantitative estimate of drug-likeness (QED) is 0.513. The Morgan fingerprint density at radius 3 is 2.12 bits per heavy atom. The van der Waals surface area contributed by atoms with E-state index < -0.39 is 0 Å². The summed E-state index contributed by atoms with van der Waals surface area (Å²) in [5.41, 5.74) is 6.48. The maximum absolute atomic E-state index is 12.8. The third kappa shape index (κ3) is 3.30. The molecule has 0 radical (unpaired) electrons. The monoisotopic (exact) mass is 423 g/mol. The lowest BCUT2D eigenvalue weighted by atomic mass is 9.99. The number of anilines is 1. The van der Waals surface area contributed by atoms with Crippen LogP contribution >= 0.6 is 0 Å². The lowest BCUT2D eigenvalue weighted by molar-refractivity contribution is 0.0658. The van der Waals surface area contributed by atoms with E-state index in [0.29, 0.717) is 24.1 Å². The first-order valence-corrected chi connectivity index (χ1v) is 10.9. The molecular weight excluding hydrogens is 398 g/mol. The SMILES string of the molecule is Cc1ccc(N2C(CCN3C(=O)c4ccccc4C3=O)=Nc3cc(C)ccc3C2C)cc1. The number of carbonyl (C=O) groups excluding carboxylic acids is 2. The third-order valence-corrected chi connectivity index (χ3v) is 6.30. The molecule has 160 valence electrons. The van der Waals surface area contributed by atoms with Gasteiger partial charge in [-0.2, -0.15) is 0 Å². The van der Waals surface area contributed by atoms with Crippen LogP contribution in [-0.2, 0) is 0 Å². The molecule has 0 saturated carbocycles. The van der Waals surface area contributed by atoms with Crippen LogP contribution in [0.25, 0.3) is 0 Å². The normalized spacial score (nSPS) is 17.3. The Hall–Kier alpha value is -3.73. The van der Waals surface area contributed by atoms with E-state index in [9.17, 15) is 9.59 Å². The molecule has 1 unspecified atom stereocenters. The first kappa shape index (κ1) is 20.2. The maximum Gasteiger partial charge on any atom is 0.261 e. The number of benzene rings is 3. The molecule has 5 heteroatoms. The van der Waals surface area contributed by atoms with Crippen LogP contribution < -0.4 is 4.90 Å². The Balaban J connectivity index is 1.49. The summed E-state index contributed by atoms with van der Waals surface area (Å²) in [6.45, 7) is 6.59. The van der Waals surface area contributed by atoms with Gasteiger partial charge in [-0.1, -0.05) is 42.0 Å². The molecule has 0 aromatic heterocycles. The highest BCUT2D eigenvalue weighted by molar-refractivity contribution is 6.21. The number of aliphatic imine (C=N–C) groups is 1. The minimum atomic E-state index is -0.229. The highest BCUT2D eigenvalue weighted by Crippen LogP contribution is 2.39. The number of hydrogen-bond acceptors (Lipinski definition) is 4. The molecule has 0 aliphatic carbocycles. The van der Waals surface area contributed by atoms with Crippen LogP contribution in [0.3, 0.4) is 0 Å². The zero-order chi connectivity index (χ0) is 22.4. The van der Waals surface area contributed by atoms with Gasteiger partial charge >= 0.3 is 0 Å². The van der Waals surface area contributed by atoms with Crippen molar-refractivity contribution in [3.63, 3.8) is 0 Å². The predicted octanol–water partition coefficient (Wildman–Crippen LogP) is 5.60. The van der Waals surface area contributed by atoms with E-state index in [0.717, 1.165) is 22.8 Å². The summed E-state index contributed by atoms with van der Waals surface area (Å²) in [6, 6.07) is 21.8. The molecule has 32 heavy (non-hydrogen) atoms. The van der Waals surface area contributed by atoms with Gasteiger partial charge in [0.25, 0.3) is 11.8 Å². The van der Waals surface area contributed by atoms with E-state index in [-0.39, 0.29) is 17.9 Å². The molecule has 2 heterocycles. The molecule has 0 fully saturated rings. The van der Waals surface area contributed by atoms with Gasteiger partial charge < -0.3 is 4.90 Å². The van der Waals surface area contributed by atoms with Gasteiger partial charge in [-0.15, -0.1) is 0 Å². The molecule has 3 aromatic rings. The van der Waals surface area contributed by atoms with Gasteiger partial charge in [-0.25, -0.2) is 4.99 Å². The van der Waals surface area contributed by atoms with Crippen molar-refractivity contribution in [2.45, 2.75) is 33.2 Å². The fraction of sp³-hybridized carbons (Fsp3) is 0.222. The topological polar surface area (TPSA) is 53.0 Å². The van der Waals surface area contributed by atoms with Gasteiger partial charge in [0.2, 0.25) is 0 Å². The zero-order valence-electron chi connectivity index (χ0n) is 18.5. The van der Waals surface area contributed by atoms with Gasteiger partial charge in [0.1, 0.15) is 5.84 Å². The van der Waals surface area contributed by atoms with Crippen molar-refractivity contribution < 1.29 is 9.59 Å². The zero-order valence-corrected chi connectivity index (χ0v) is 18.5. The summed E-state index contributed by atoms with van der Waals surface area (Å²) in [5, 5.41) is 0. The summed E-state index contributed by atoms with van der Waals surface area (Å²) in [6.07, 6.45) is 0.483. The molecule has 0 bridgehead atoms. The van der Waals surface area contributed by atoms with Crippen molar-refractivity contribution in [3.05, 3.63) is 94.5 Å². The highest BCUT2D eigenvalue weighted by Gasteiger charge is 2.36. The number of hydrogen-bond donors (Lipinski definition) is 0. The molecule has 0 saturated heterocycles. The first-order chi connectivity index (χ1) is 15.4. The third-order valence-electron chi connectivity index (χ3n) is 6.30. The fourth-order valence-corrected chi connectivity index (χ4v) is 4.57. The number of rotatable bonds is 4. The molecule has 2 aliphatic heterocycles. The summed E-state index contributed by atoms with van der Waals surface area (Å²) >= 11 is 0. The van der Waals surface area contributed by atoms with Crippen molar-refractivity contribution in [2.24, 2.45) is 4.99 Å². The first-order valence-electron chi connectivity index (χ1n) is 10.9. The van der Waals surface area contributed by atoms with Crippen molar-refractivity contribution >= 4 is 29.0 Å². The maximum atomic E-state index is 12.8. The number of amidine groups is 1. The molecule has 0 spiro atoms. The molecular formula is C27H25N3O2. The summed E-state index contributed by atoms with van der Waals surface area (Å²) in [4.78, 5) is 34.2. The van der Waals surface area contributed by atoms with E-state index in [4.69, 9.17) is 4.99 Å². The van der Waals surface area contributed by atoms with E-state index in [1.54, 1.807) is 24.3 Å². The fourth-order valence-electron chi connectivity index (χ4n) is 4.57. The van der Waals surface area contributed by atoms with E-state index in [1.165, 1.54) is 16.0 Å². The second kappa shape index (κ2) is 7.75. The molecule has 5 rings (SSSR count). The Kier molecular flexibility index (Phi) is 4.89. The molecule has 5 nitrogen and oxygen atoms in total. The van der Waals surface area contributed by atoms with Crippen LogP contribution in [0.2, 0.25) is 0 Å². The van der Waals surface area contributed by atoms with Crippen LogP contribution in [0.4, 0.5) is 11.4 Å². The van der Waals surface area contributed by atoms with Gasteiger partial charge in [-0.05, 0) is 56.7 Å². The molecule has 3 aromatic carbocycles. The van der Waals surface area contributed by atoms with Crippen molar-refractivity contribution in [3.8, 4) is 0 Å². The molecule has 2 amide bonds. The highest BCUT2D eigenvalue weighted by atomic mass is 16.2. The van der Waals surface area contributed by atoms with E-state index >= 15 is 0 Å². The Morgan fingerprint density at radius 1 is 0.844 bits per heavy atom. The summed E-state index contributed by atoms with van der Waals surface area (Å²) in [5.74, 6) is 0.400. The lowest BCUT2D eigenvalue weighted by Gasteiger charge is -2.37. The number of imide groups is 1. The largest absolute Gasteiger partial charge is 0.322 e. The average Bonchev–Trinajstić information content (AvgIpc) is 3.03. The standard InChI is InChI=1S/C27H25N3O2/c1-17-8-11-20(12-9-17)30-19(3)21-13-10-18(2)16-24(21)28-25(30)14-15-29-26(31)22-6-4-5-7-23(22)27(29)32/h4-13,16,19H,14-15H2,1-3H3. The number of amides is 2. The second-order valence-corrected chi connectivity index (χ2v) is 8.53. The minimum absolute atomic E-state index is 0.0861. The number of nitrogens with zero attached hydrogens (tertiary/aromatic N) is 3. The summed E-state index contributed by atoms with van der Waals surface area (Å²) in [7, 11) is 0. The Bertz CT molecular complexity index is 1230. The Morgan fingerprint density at radius 2 is 1.47 bits per heavy atom. The average molecular weight is 424 g/mol. The van der Waals surface area contributed by atoms with Crippen molar-refractivity contribution in [1.82, 2.24) is 4.90 Å². The predicted molar refractivity (Wildman–Crippen MR) is 127 cm³/mol. The molecule has 0 N–H and O–H groups in total. The summed E-state index contributed by atoms with van der Waals surface area (Å²) < 4.78 is 0. The van der Waals surface area contributed by atoms with Crippen LogP contribution in [-0.4, -0.2) is 29.1 Å². The Labute approximate surface area is 188 Å². The van der Waals surface area contributed by atoms with Gasteiger partial charge in [0.05, 0.1) is 22.9 Å². The lowest BCUT2D eigenvalue weighted by Crippen LogP contribution is -2.39.